The topological polar surface area (TPSA) is 9.86 Å². The van der Waals surface area contributed by atoms with Gasteiger partial charge in [-0.25, -0.2) is 0 Å². The molecule has 10 aromatic rings. The molecule has 3 aromatic heterocycles. The summed E-state index contributed by atoms with van der Waals surface area (Å²) in [5.74, 6) is 0. The Bertz CT molecular complexity index is 2760. The van der Waals surface area contributed by atoms with Crippen molar-refractivity contribution in [1.29, 1.82) is 0 Å². The van der Waals surface area contributed by atoms with Crippen molar-refractivity contribution in [3.05, 3.63) is 170 Å². The van der Waals surface area contributed by atoms with E-state index in [0.717, 1.165) is 0 Å². The molecule has 7 aromatic carbocycles. The van der Waals surface area contributed by atoms with Crippen LogP contribution in [0.4, 0.5) is 0 Å². The van der Waals surface area contributed by atoms with Crippen molar-refractivity contribution >= 4 is 64.3 Å². The molecule has 0 spiro atoms. The first-order chi connectivity index (χ1) is 23.3. The van der Waals surface area contributed by atoms with E-state index < -0.39 is 0 Å². The second kappa shape index (κ2) is 10.3. The number of aromatic nitrogens is 2. The maximum atomic E-state index is 2.45. The summed E-state index contributed by atoms with van der Waals surface area (Å²) in [6, 6.07) is 61.7. The summed E-state index contributed by atoms with van der Waals surface area (Å²) in [5, 5.41) is 5.16. The quantitative estimate of drug-likeness (QED) is 0.186. The predicted octanol–water partition coefficient (Wildman–Crippen LogP) is 12.4. The van der Waals surface area contributed by atoms with Gasteiger partial charge in [0, 0.05) is 37.6 Å². The lowest BCUT2D eigenvalue weighted by molar-refractivity contribution is 1.18. The maximum absolute atomic E-state index is 2.45. The van der Waals surface area contributed by atoms with Crippen LogP contribution in [0.2, 0.25) is 0 Å². The number of rotatable bonds is 4. The van der Waals surface area contributed by atoms with Gasteiger partial charge in [-0.1, -0.05) is 121 Å². The highest BCUT2D eigenvalue weighted by molar-refractivity contribution is 7.26. The van der Waals surface area contributed by atoms with Crippen molar-refractivity contribution in [2.45, 2.75) is 0 Å². The molecular formula is C44H28N2S. The number of nitrogens with zero attached hydrogens (tertiary/aromatic N) is 2. The van der Waals surface area contributed by atoms with Crippen LogP contribution in [0.15, 0.2) is 170 Å². The van der Waals surface area contributed by atoms with Gasteiger partial charge in [0.05, 0.1) is 26.8 Å². The van der Waals surface area contributed by atoms with Crippen LogP contribution < -0.4 is 0 Å². The Hall–Kier alpha value is -5.90. The van der Waals surface area contributed by atoms with E-state index in [1.165, 1.54) is 86.6 Å². The largest absolute Gasteiger partial charge is 0.309 e. The summed E-state index contributed by atoms with van der Waals surface area (Å²) >= 11 is 1.89. The Balaban J connectivity index is 1.14. The number of hydrogen-bond donors (Lipinski definition) is 0. The van der Waals surface area contributed by atoms with E-state index in [1.807, 2.05) is 11.3 Å². The van der Waals surface area contributed by atoms with Gasteiger partial charge in [0.1, 0.15) is 0 Å². The predicted molar refractivity (Wildman–Crippen MR) is 201 cm³/mol. The Morgan fingerprint density at radius 3 is 1.70 bits per heavy atom. The smallest absolute Gasteiger partial charge is 0.0734 e. The molecule has 0 saturated heterocycles. The second-order valence-electron chi connectivity index (χ2n) is 12.1. The maximum Gasteiger partial charge on any atom is 0.0734 e. The van der Waals surface area contributed by atoms with Gasteiger partial charge >= 0.3 is 0 Å². The summed E-state index contributed by atoms with van der Waals surface area (Å²) < 4.78 is 7.48. The van der Waals surface area contributed by atoms with Crippen LogP contribution in [0, 0.1) is 0 Å². The average molecular weight is 617 g/mol. The van der Waals surface area contributed by atoms with Crippen molar-refractivity contribution in [2.24, 2.45) is 0 Å². The molecule has 47 heavy (non-hydrogen) atoms. The van der Waals surface area contributed by atoms with Crippen molar-refractivity contribution in [3.8, 4) is 33.6 Å². The Labute approximate surface area is 276 Å². The summed E-state index contributed by atoms with van der Waals surface area (Å²) in [6.45, 7) is 0. The van der Waals surface area contributed by atoms with E-state index in [9.17, 15) is 0 Å². The second-order valence-corrected chi connectivity index (χ2v) is 13.2. The summed E-state index contributed by atoms with van der Waals surface area (Å²) in [5.41, 5.74) is 12.3. The van der Waals surface area contributed by atoms with Gasteiger partial charge in [-0.2, -0.15) is 0 Å². The zero-order valence-corrected chi connectivity index (χ0v) is 26.3. The molecular weight excluding hydrogens is 589 g/mol. The zero-order chi connectivity index (χ0) is 30.9. The minimum Gasteiger partial charge on any atom is -0.309 e. The van der Waals surface area contributed by atoms with E-state index in [2.05, 4.69) is 179 Å². The number of hydrogen-bond acceptors (Lipinski definition) is 1. The van der Waals surface area contributed by atoms with Crippen LogP contribution in [0.3, 0.4) is 0 Å². The van der Waals surface area contributed by atoms with E-state index in [0.29, 0.717) is 0 Å². The molecule has 0 atom stereocenters. The summed E-state index contributed by atoms with van der Waals surface area (Å²) in [7, 11) is 0. The van der Waals surface area contributed by atoms with Crippen LogP contribution >= 0.6 is 11.3 Å². The average Bonchev–Trinajstić information content (AvgIpc) is 3.79. The number of benzene rings is 7. The van der Waals surface area contributed by atoms with E-state index in [1.54, 1.807) is 0 Å². The zero-order valence-electron chi connectivity index (χ0n) is 25.5. The standard InChI is InChI=1S/C44H28N2S/c1-3-12-32(13-4-1)45-38-19-9-7-16-35(38)36-27-26-31(28-40(36)45)29-22-24-30(25-23-29)34-18-11-21-41-42(34)43-44(47-41)37-17-8-10-20-39(37)46(43)33-14-5-2-6-15-33/h1-28H. The Morgan fingerprint density at radius 1 is 0.383 bits per heavy atom. The first-order valence-corrected chi connectivity index (χ1v) is 16.8. The van der Waals surface area contributed by atoms with Crippen LogP contribution in [-0.2, 0) is 0 Å². The Kier molecular flexibility index (Phi) is 5.78. The molecule has 10 rings (SSSR count). The van der Waals surface area contributed by atoms with Crippen LogP contribution in [0.5, 0.6) is 0 Å². The summed E-state index contributed by atoms with van der Waals surface area (Å²) in [4.78, 5) is 0. The van der Waals surface area contributed by atoms with E-state index >= 15 is 0 Å². The highest BCUT2D eigenvalue weighted by Gasteiger charge is 2.20. The SMILES string of the molecule is c1ccc(-n2c3ccccc3c3ccc(-c4ccc(-c5cccc6sc7c8ccccc8n(-c8ccccc8)c7c56)cc4)cc32)cc1. The number of fused-ring (bicyclic) bond motifs is 8. The number of para-hydroxylation sites is 4. The van der Waals surface area contributed by atoms with Crippen LogP contribution in [0.1, 0.15) is 0 Å². The molecule has 0 bridgehead atoms. The van der Waals surface area contributed by atoms with Crippen molar-refractivity contribution in [3.63, 3.8) is 0 Å². The molecule has 0 radical (unpaired) electrons. The fourth-order valence-corrected chi connectivity index (χ4v) is 8.69. The van der Waals surface area contributed by atoms with Gasteiger partial charge in [-0.15, -0.1) is 11.3 Å². The molecule has 2 nitrogen and oxygen atoms in total. The normalized spacial score (nSPS) is 11.8. The third-order valence-corrected chi connectivity index (χ3v) is 10.7. The molecule has 0 N–H and O–H groups in total. The van der Waals surface area contributed by atoms with Crippen molar-refractivity contribution in [2.75, 3.05) is 0 Å². The lowest BCUT2D eigenvalue weighted by Crippen LogP contribution is -1.93. The highest BCUT2D eigenvalue weighted by atomic mass is 32.1. The Morgan fingerprint density at radius 2 is 0.957 bits per heavy atom. The molecule has 0 saturated carbocycles. The van der Waals surface area contributed by atoms with Crippen molar-refractivity contribution < 1.29 is 0 Å². The molecule has 0 aliphatic rings. The molecule has 0 aliphatic carbocycles. The third-order valence-electron chi connectivity index (χ3n) is 9.54. The third kappa shape index (κ3) is 3.97. The fraction of sp³-hybridized carbons (Fsp3) is 0. The van der Waals surface area contributed by atoms with E-state index in [-0.39, 0.29) is 0 Å². The highest BCUT2D eigenvalue weighted by Crippen LogP contribution is 2.46. The molecule has 0 amide bonds. The van der Waals surface area contributed by atoms with Gasteiger partial charge in [-0.3, -0.25) is 0 Å². The van der Waals surface area contributed by atoms with Crippen molar-refractivity contribution in [1.82, 2.24) is 9.13 Å². The summed E-state index contributed by atoms with van der Waals surface area (Å²) in [6.07, 6.45) is 0. The van der Waals surface area contributed by atoms with Gasteiger partial charge in [0.2, 0.25) is 0 Å². The molecule has 0 unspecified atom stereocenters. The minimum absolute atomic E-state index is 1.18. The first-order valence-electron chi connectivity index (χ1n) is 16.0. The lowest BCUT2D eigenvalue weighted by Gasteiger charge is -2.11. The fourth-order valence-electron chi connectivity index (χ4n) is 7.44. The lowest BCUT2D eigenvalue weighted by atomic mass is 9.97. The van der Waals surface area contributed by atoms with Gasteiger partial charge in [-0.05, 0) is 70.8 Å². The minimum atomic E-state index is 1.18. The molecule has 220 valence electrons. The van der Waals surface area contributed by atoms with Crippen LogP contribution in [0.25, 0.3) is 86.6 Å². The van der Waals surface area contributed by atoms with Gasteiger partial charge in [0.15, 0.2) is 0 Å². The molecule has 3 heteroatoms. The monoisotopic (exact) mass is 616 g/mol. The molecule has 0 aliphatic heterocycles. The molecule has 0 fully saturated rings. The van der Waals surface area contributed by atoms with Gasteiger partial charge in [0.25, 0.3) is 0 Å². The van der Waals surface area contributed by atoms with E-state index in [4.69, 9.17) is 0 Å². The first kappa shape index (κ1) is 26.3. The van der Waals surface area contributed by atoms with Gasteiger partial charge < -0.3 is 9.13 Å². The van der Waals surface area contributed by atoms with Crippen LogP contribution in [-0.4, -0.2) is 9.13 Å². The molecule has 3 heterocycles. The number of thiophene rings is 1.